The maximum atomic E-state index is 9.00. The molecule has 0 bridgehead atoms. The summed E-state index contributed by atoms with van der Waals surface area (Å²) in [5.74, 6) is -3.33. The van der Waals surface area contributed by atoms with Crippen LogP contribution in [0.15, 0.2) is 0 Å². The summed E-state index contributed by atoms with van der Waals surface area (Å²) in [5.41, 5.74) is 10.1. The molecule has 12 heteroatoms. The fraction of sp³-hybridized carbons (Fsp3) is 0.636. The molecule has 0 fully saturated rings. The summed E-state index contributed by atoms with van der Waals surface area (Å²) < 4.78 is 0. The summed E-state index contributed by atoms with van der Waals surface area (Å²) >= 11 is 0. The number of carboxylic acids is 4. The molecule has 0 saturated carbocycles. The summed E-state index contributed by atoms with van der Waals surface area (Å²) in [4.78, 5) is 36.0. The standard InChI is InChI=1S/C3H10N2.4C2H4O2.Fe.Na.H/c4-2-1-3-5;4*1-2(3)4;;;/h1-5H2;4*1H3,(H,3,4);;;. The monoisotopic (exact) mass is 394 g/mol. The van der Waals surface area contributed by atoms with Gasteiger partial charge in [0.1, 0.15) is 0 Å². The molecule has 23 heavy (non-hydrogen) atoms. The molecule has 0 aliphatic carbocycles. The molecule has 0 spiro atoms. The van der Waals surface area contributed by atoms with Crippen LogP contribution in [0, 0.1) is 0 Å². The summed E-state index contributed by atoms with van der Waals surface area (Å²) in [6.07, 6.45) is 0.944. The normalized spacial score (nSPS) is 6.17. The van der Waals surface area contributed by atoms with E-state index in [-0.39, 0.29) is 46.6 Å². The summed E-state index contributed by atoms with van der Waals surface area (Å²) in [6, 6.07) is 0. The van der Waals surface area contributed by atoms with E-state index in [0.29, 0.717) is 0 Å². The van der Waals surface area contributed by atoms with Gasteiger partial charge >= 0.3 is 29.6 Å². The molecular weight excluding hydrogens is 367 g/mol. The van der Waals surface area contributed by atoms with Gasteiger partial charge < -0.3 is 31.9 Å². The van der Waals surface area contributed by atoms with Crippen molar-refractivity contribution in [2.45, 2.75) is 34.1 Å². The predicted molar refractivity (Wildman–Crippen MR) is 83.1 cm³/mol. The Labute approximate surface area is 168 Å². The van der Waals surface area contributed by atoms with E-state index in [4.69, 9.17) is 51.1 Å². The molecule has 0 amide bonds. The van der Waals surface area contributed by atoms with Crippen molar-refractivity contribution in [1.82, 2.24) is 0 Å². The van der Waals surface area contributed by atoms with E-state index >= 15 is 0 Å². The minimum atomic E-state index is -0.833. The fourth-order valence-corrected chi connectivity index (χ4v) is 0.118. The second-order valence-corrected chi connectivity index (χ2v) is 3.01. The topological polar surface area (TPSA) is 201 Å². The number of rotatable bonds is 2. The van der Waals surface area contributed by atoms with Crippen LogP contribution >= 0.6 is 0 Å². The molecule has 0 aliphatic rings. The molecule has 0 aliphatic heterocycles. The van der Waals surface area contributed by atoms with Crippen LogP contribution in [-0.2, 0) is 36.2 Å². The van der Waals surface area contributed by atoms with Crippen LogP contribution in [0.3, 0.4) is 0 Å². The van der Waals surface area contributed by atoms with Crippen molar-refractivity contribution in [1.29, 1.82) is 0 Å². The van der Waals surface area contributed by atoms with Crippen LogP contribution in [0.4, 0.5) is 0 Å². The zero-order valence-corrected chi connectivity index (χ0v) is 14.2. The van der Waals surface area contributed by atoms with Crippen molar-refractivity contribution < 1.29 is 56.7 Å². The summed E-state index contributed by atoms with van der Waals surface area (Å²) in [7, 11) is 0. The van der Waals surface area contributed by atoms with E-state index in [1.165, 1.54) is 0 Å². The van der Waals surface area contributed by atoms with Crippen LogP contribution < -0.4 is 11.5 Å². The van der Waals surface area contributed by atoms with Gasteiger partial charge in [0.05, 0.1) is 0 Å². The van der Waals surface area contributed by atoms with E-state index in [1.54, 1.807) is 0 Å². The first-order valence-electron chi connectivity index (χ1n) is 5.53. The molecule has 0 atom stereocenters. The zero-order valence-electron chi connectivity index (χ0n) is 13.1. The Bertz CT molecular complexity index is 215. The summed E-state index contributed by atoms with van der Waals surface area (Å²) in [6.45, 7) is 5.77. The number of hydrogen-bond donors (Lipinski definition) is 6. The predicted octanol–water partition coefficient (Wildman–Crippen LogP) is -0.993. The van der Waals surface area contributed by atoms with Crippen molar-refractivity contribution in [3.8, 4) is 0 Å². The first-order chi connectivity index (χ1) is 9.34. The van der Waals surface area contributed by atoms with Crippen molar-refractivity contribution >= 4 is 53.4 Å². The quantitative estimate of drug-likeness (QED) is 0.316. The fourth-order valence-electron chi connectivity index (χ4n) is 0.118. The summed E-state index contributed by atoms with van der Waals surface area (Å²) in [5, 5.41) is 29.7. The molecule has 0 saturated heterocycles. The third-order valence-corrected chi connectivity index (χ3v) is 0.408. The minimum absolute atomic E-state index is 0. The van der Waals surface area contributed by atoms with Gasteiger partial charge in [-0.25, -0.2) is 0 Å². The average molecular weight is 394 g/mol. The number of nitrogens with two attached hydrogens (primary N) is 2. The number of carbonyl (C=O) groups is 4. The van der Waals surface area contributed by atoms with E-state index in [0.717, 1.165) is 47.2 Å². The van der Waals surface area contributed by atoms with E-state index in [1.807, 2.05) is 0 Å². The van der Waals surface area contributed by atoms with Gasteiger partial charge in [-0.15, -0.1) is 0 Å². The van der Waals surface area contributed by atoms with Crippen LogP contribution in [0.1, 0.15) is 34.1 Å². The number of aliphatic carboxylic acids is 4. The SMILES string of the molecule is CC(=O)O.CC(=O)O.CC(=O)O.CC(=O)O.NCCCN.[Fe].[NaH]. The van der Waals surface area contributed by atoms with Gasteiger partial charge in [-0.3, -0.25) is 19.2 Å². The first kappa shape index (κ1) is 43.2. The van der Waals surface area contributed by atoms with Crippen LogP contribution in [0.25, 0.3) is 0 Å². The Morgan fingerprint density at radius 3 is 0.739 bits per heavy atom. The van der Waals surface area contributed by atoms with E-state index < -0.39 is 23.9 Å². The van der Waals surface area contributed by atoms with Gasteiger partial charge in [0, 0.05) is 44.8 Å². The Balaban J connectivity index is -0.0000000273. The third kappa shape index (κ3) is 4570. The van der Waals surface area contributed by atoms with Gasteiger partial charge in [-0.2, -0.15) is 0 Å². The molecule has 8 N–H and O–H groups in total. The molecule has 10 nitrogen and oxygen atoms in total. The van der Waals surface area contributed by atoms with Crippen molar-refractivity contribution in [3.63, 3.8) is 0 Å². The molecule has 0 unspecified atom stereocenters. The second-order valence-electron chi connectivity index (χ2n) is 3.01. The molecule has 0 aromatic carbocycles. The molecule has 138 valence electrons. The molecular formula is C11H27FeN2NaO8. The van der Waals surface area contributed by atoms with Crippen molar-refractivity contribution in [3.05, 3.63) is 0 Å². The molecule has 0 aromatic rings. The van der Waals surface area contributed by atoms with Crippen LogP contribution in [-0.4, -0.2) is 87.0 Å². The van der Waals surface area contributed by atoms with Gasteiger partial charge in [-0.1, -0.05) is 0 Å². The van der Waals surface area contributed by atoms with Gasteiger partial charge in [0.15, 0.2) is 0 Å². The van der Waals surface area contributed by atoms with Gasteiger partial charge in [0.25, 0.3) is 23.9 Å². The van der Waals surface area contributed by atoms with Gasteiger partial charge in [0.2, 0.25) is 0 Å². The average Bonchev–Trinajstić information content (AvgIpc) is 2.14. The molecule has 0 aromatic heterocycles. The molecule has 0 radical (unpaired) electrons. The second kappa shape index (κ2) is 42.9. The molecule has 0 rings (SSSR count). The van der Waals surface area contributed by atoms with Crippen molar-refractivity contribution in [2.24, 2.45) is 11.5 Å². The van der Waals surface area contributed by atoms with Crippen LogP contribution in [0.2, 0.25) is 0 Å². The van der Waals surface area contributed by atoms with Crippen LogP contribution in [0.5, 0.6) is 0 Å². The Hall–Kier alpha value is -0.681. The van der Waals surface area contributed by atoms with E-state index in [2.05, 4.69) is 0 Å². The molecule has 0 heterocycles. The maximum absolute atomic E-state index is 9.00. The third-order valence-electron chi connectivity index (χ3n) is 0.408. The van der Waals surface area contributed by atoms with E-state index in [9.17, 15) is 0 Å². The zero-order chi connectivity index (χ0) is 18.4. The Morgan fingerprint density at radius 1 is 0.652 bits per heavy atom. The number of hydrogen-bond acceptors (Lipinski definition) is 6. The van der Waals surface area contributed by atoms with Gasteiger partial charge in [-0.05, 0) is 19.5 Å². The number of carboxylic acid groups (broad SMARTS) is 4. The Morgan fingerprint density at radius 2 is 0.739 bits per heavy atom. The Kier molecular flexibility index (Phi) is 80.7. The van der Waals surface area contributed by atoms with Crippen molar-refractivity contribution in [2.75, 3.05) is 13.1 Å². The first-order valence-corrected chi connectivity index (χ1v) is 5.53.